The van der Waals surface area contributed by atoms with Gasteiger partial charge in [-0.1, -0.05) is 41.6 Å². The first kappa shape index (κ1) is 21.6. The molecule has 2 N–H and O–H groups in total. The van der Waals surface area contributed by atoms with E-state index < -0.39 is 17.5 Å². The second kappa shape index (κ2) is 8.40. The number of imide groups is 1. The lowest BCUT2D eigenvalue weighted by molar-refractivity contribution is -0.136. The van der Waals surface area contributed by atoms with Gasteiger partial charge in [-0.15, -0.1) is 5.10 Å². The summed E-state index contributed by atoms with van der Waals surface area (Å²) in [4.78, 5) is 38.5. The highest BCUT2D eigenvalue weighted by Crippen LogP contribution is 2.32. The van der Waals surface area contributed by atoms with Crippen LogP contribution in [0.4, 0.5) is 0 Å². The lowest BCUT2D eigenvalue weighted by Crippen LogP contribution is -2.52. The Balaban J connectivity index is 1.30. The number of hydrogen-bond donors (Lipinski definition) is 2. The number of benzene rings is 2. The molecule has 3 amide bonds. The number of fused-ring (bicyclic) bond motifs is 1. The highest BCUT2D eigenvalue weighted by atomic mass is 16.5. The lowest BCUT2D eigenvalue weighted by atomic mass is 9.87. The molecule has 1 aromatic heterocycles. The molecule has 0 radical (unpaired) electrons. The summed E-state index contributed by atoms with van der Waals surface area (Å²) in [5, 5.41) is 14.7. The summed E-state index contributed by atoms with van der Waals surface area (Å²) in [6.07, 6.45) is 2.42. The van der Waals surface area contributed by atoms with Gasteiger partial charge in [0.15, 0.2) is 0 Å². The highest BCUT2D eigenvalue weighted by Gasteiger charge is 2.41. The third-order valence-corrected chi connectivity index (χ3v) is 6.97. The second-order valence-corrected chi connectivity index (χ2v) is 9.04. The number of rotatable bonds is 4. The average molecular weight is 473 g/mol. The van der Waals surface area contributed by atoms with Crippen LogP contribution >= 0.6 is 0 Å². The largest absolute Gasteiger partial charge is 0.377 e. The summed E-state index contributed by atoms with van der Waals surface area (Å²) in [5.74, 6) is -0.942. The molecule has 10 nitrogen and oxygen atoms in total. The number of carbonyl (C=O) groups is 3. The van der Waals surface area contributed by atoms with Crippen LogP contribution in [0.3, 0.4) is 0 Å². The van der Waals surface area contributed by atoms with Gasteiger partial charge in [0.2, 0.25) is 11.8 Å². The first-order valence-electron chi connectivity index (χ1n) is 11.6. The number of nitrogens with one attached hydrogen (secondary N) is 2. The van der Waals surface area contributed by atoms with Crippen molar-refractivity contribution in [3.05, 3.63) is 77.1 Å². The Morgan fingerprint density at radius 2 is 1.94 bits per heavy atom. The van der Waals surface area contributed by atoms with Gasteiger partial charge in [-0.2, -0.15) is 0 Å². The Labute approximate surface area is 201 Å². The van der Waals surface area contributed by atoms with Crippen molar-refractivity contribution in [2.24, 2.45) is 0 Å². The van der Waals surface area contributed by atoms with Crippen molar-refractivity contribution in [3.8, 4) is 5.69 Å². The van der Waals surface area contributed by atoms with E-state index in [1.54, 1.807) is 10.7 Å². The Morgan fingerprint density at radius 3 is 2.71 bits per heavy atom. The monoisotopic (exact) mass is 472 g/mol. The van der Waals surface area contributed by atoms with Gasteiger partial charge >= 0.3 is 0 Å². The van der Waals surface area contributed by atoms with Crippen LogP contribution in [-0.4, -0.2) is 63.4 Å². The number of ether oxygens (including phenoxy) is 1. The fourth-order valence-corrected chi connectivity index (χ4v) is 5.10. The summed E-state index contributed by atoms with van der Waals surface area (Å²) in [5.41, 5.74) is 3.21. The summed E-state index contributed by atoms with van der Waals surface area (Å²) >= 11 is 0. The smallest absolute Gasteiger partial charge is 0.255 e. The lowest BCUT2D eigenvalue weighted by Gasteiger charge is -2.37. The van der Waals surface area contributed by atoms with E-state index in [9.17, 15) is 14.4 Å². The molecule has 2 atom stereocenters. The first-order chi connectivity index (χ1) is 17.0. The molecule has 2 aromatic carbocycles. The van der Waals surface area contributed by atoms with E-state index >= 15 is 0 Å². The van der Waals surface area contributed by atoms with Crippen LogP contribution in [0, 0.1) is 0 Å². The Kier molecular flexibility index (Phi) is 5.19. The molecule has 0 bridgehead atoms. The van der Waals surface area contributed by atoms with Crippen molar-refractivity contribution in [2.45, 2.75) is 31.0 Å². The zero-order valence-electron chi connectivity index (χ0n) is 18.9. The zero-order chi connectivity index (χ0) is 24.0. The van der Waals surface area contributed by atoms with Crippen LogP contribution in [0.15, 0.2) is 54.7 Å². The van der Waals surface area contributed by atoms with Crippen LogP contribution in [0.2, 0.25) is 0 Å². The van der Waals surface area contributed by atoms with Crippen LogP contribution in [-0.2, 0) is 26.4 Å². The van der Waals surface area contributed by atoms with Crippen molar-refractivity contribution in [3.63, 3.8) is 0 Å². The van der Waals surface area contributed by atoms with Crippen LogP contribution < -0.4 is 10.6 Å². The van der Waals surface area contributed by atoms with Gasteiger partial charge in [-0.3, -0.25) is 25.0 Å². The van der Waals surface area contributed by atoms with Crippen molar-refractivity contribution in [1.29, 1.82) is 0 Å². The number of hydrogen-bond acceptors (Lipinski definition) is 7. The third-order valence-electron chi connectivity index (χ3n) is 6.97. The number of piperidine rings is 1. The Morgan fingerprint density at radius 1 is 1.09 bits per heavy atom. The van der Waals surface area contributed by atoms with E-state index in [2.05, 4.69) is 20.9 Å². The maximum absolute atomic E-state index is 13.2. The standard InChI is InChI=1S/C25H24N6O4/c32-22-9-8-20(23(33)27-22)30-13-16-6-7-18(12-19(16)24(30)34)31-14-21(28-29-31)25(15-35-11-10-26-25)17-4-2-1-3-5-17/h1-7,12,14,20,26H,8-11,13,15H2,(H,27,32,33). The summed E-state index contributed by atoms with van der Waals surface area (Å²) in [7, 11) is 0. The van der Waals surface area contributed by atoms with Gasteiger partial charge in [-0.05, 0) is 29.7 Å². The van der Waals surface area contributed by atoms with E-state index in [1.807, 2.05) is 48.7 Å². The molecule has 0 aliphatic carbocycles. The minimum atomic E-state index is -0.642. The summed E-state index contributed by atoms with van der Waals surface area (Å²) < 4.78 is 7.48. The van der Waals surface area contributed by atoms with Crippen LogP contribution in [0.5, 0.6) is 0 Å². The van der Waals surface area contributed by atoms with E-state index in [0.29, 0.717) is 44.0 Å². The van der Waals surface area contributed by atoms with E-state index in [0.717, 1.165) is 16.8 Å². The van der Waals surface area contributed by atoms with E-state index in [-0.39, 0.29) is 18.2 Å². The molecule has 3 aromatic rings. The Bertz CT molecular complexity index is 1310. The van der Waals surface area contributed by atoms with Gasteiger partial charge in [0.1, 0.15) is 17.3 Å². The molecular formula is C25H24N6O4. The third kappa shape index (κ3) is 3.62. The molecule has 3 aliphatic heterocycles. The second-order valence-electron chi connectivity index (χ2n) is 9.04. The molecule has 0 spiro atoms. The van der Waals surface area contributed by atoms with Gasteiger partial charge in [-0.25, -0.2) is 4.68 Å². The fraction of sp³-hybridized carbons (Fsp3) is 0.320. The highest BCUT2D eigenvalue weighted by molar-refractivity contribution is 6.05. The van der Waals surface area contributed by atoms with Gasteiger partial charge in [0, 0.05) is 25.1 Å². The number of nitrogens with zero attached hydrogens (tertiary/aromatic N) is 4. The molecule has 6 rings (SSSR count). The van der Waals surface area contributed by atoms with Gasteiger partial charge < -0.3 is 9.64 Å². The molecule has 0 saturated carbocycles. The molecule has 3 aliphatic rings. The van der Waals surface area contributed by atoms with Gasteiger partial charge in [0.05, 0.1) is 25.1 Å². The molecule has 178 valence electrons. The Hall–Kier alpha value is -3.89. The van der Waals surface area contributed by atoms with Gasteiger partial charge in [0.25, 0.3) is 5.91 Å². The molecule has 4 heterocycles. The number of amides is 3. The average Bonchev–Trinajstić information content (AvgIpc) is 3.51. The van der Waals surface area contributed by atoms with Crippen molar-refractivity contribution in [1.82, 2.24) is 30.5 Å². The maximum Gasteiger partial charge on any atom is 0.255 e. The zero-order valence-corrected chi connectivity index (χ0v) is 18.9. The summed E-state index contributed by atoms with van der Waals surface area (Å²) in [6.45, 7) is 2.08. The van der Waals surface area contributed by atoms with Crippen LogP contribution in [0.1, 0.15) is 40.0 Å². The molecule has 10 heteroatoms. The molecule has 35 heavy (non-hydrogen) atoms. The van der Waals surface area contributed by atoms with Crippen molar-refractivity contribution < 1.29 is 19.1 Å². The minimum absolute atomic E-state index is 0.222. The summed E-state index contributed by atoms with van der Waals surface area (Å²) in [6, 6.07) is 14.9. The van der Waals surface area contributed by atoms with E-state index in [1.165, 1.54) is 4.90 Å². The minimum Gasteiger partial charge on any atom is -0.377 e. The predicted molar refractivity (Wildman–Crippen MR) is 123 cm³/mol. The predicted octanol–water partition coefficient (Wildman–Crippen LogP) is 0.892. The van der Waals surface area contributed by atoms with Crippen molar-refractivity contribution >= 4 is 17.7 Å². The fourth-order valence-electron chi connectivity index (χ4n) is 5.10. The van der Waals surface area contributed by atoms with E-state index in [4.69, 9.17) is 4.74 Å². The molecule has 2 fully saturated rings. The molecule has 2 unspecified atom stereocenters. The molecular weight excluding hydrogens is 448 g/mol. The number of morpholine rings is 1. The molecule has 2 saturated heterocycles. The van der Waals surface area contributed by atoms with Crippen LogP contribution in [0.25, 0.3) is 5.69 Å². The first-order valence-corrected chi connectivity index (χ1v) is 11.6. The number of carbonyl (C=O) groups excluding carboxylic acids is 3. The maximum atomic E-state index is 13.2. The number of aromatic nitrogens is 3. The SMILES string of the molecule is O=C1CCC(N2Cc3ccc(-n4cc(C5(c6ccccc6)COCCN5)nn4)cc3C2=O)C(=O)N1. The topological polar surface area (TPSA) is 118 Å². The normalized spacial score (nSPS) is 24.4. The van der Waals surface area contributed by atoms with Crippen molar-refractivity contribution in [2.75, 3.05) is 19.8 Å². The quantitative estimate of drug-likeness (QED) is 0.542.